The summed E-state index contributed by atoms with van der Waals surface area (Å²) in [6.45, 7) is 3.49. The number of para-hydroxylation sites is 1. The summed E-state index contributed by atoms with van der Waals surface area (Å²) in [6, 6.07) is 16.2. The number of carbonyl (C=O) groups excluding carboxylic acids is 1. The lowest BCUT2D eigenvalue weighted by molar-refractivity contribution is -0.119. The van der Waals surface area contributed by atoms with E-state index in [1.165, 1.54) is 13.3 Å². The van der Waals surface area contributed by atoms with Crippen LogP contribution in [0, 0.1) is 13.8 Å². The quantitative estimate of drug-likeness (QED) is 0.251. The van der Waals surface area contributed by atoms with Gasteiger partial charge in [0.1, 0.15) is 13.2 Å². The third-order valence-corrected chi connectivity index (χ3v) is 7.28. The highest BCUT2D eigenvalue weighted by atomic mass is 79.9. The van der Waals surface area contributed by atoms with Crippen LogP contribution in [0.1, 0.15) is 22.3 Å². The van der Waals surface area contributed by atoms with Crippen LogP contribution in [0.4, 0.5) is 5.69 Å². The smallest absolute Gasteiger partial charge is 0.260 e. The summed E-state index contributed by atoms with van der Waals surface area (Å²) in [5.41, 5.74) is 5.93. The predicted molar refractivity (Wildman–Crippen MR) is 150 cm³/mol. The number of sulfonamides is 1. The highest BCUT2D eigenvalue weighted by Gasteiger charge is 2.23. The van der Waals surface area contributed by atoms with Gasteiger partial charge in [0.2, 0.25) is 10.0 Å². The van der Waals surface area contributed by atoms with Crippen molar-refractivity contribution in [3.63, 3.8) is 0 Å². The highest BCUT2D eigenvalue weighted by Crippen LogP contribution is 2.37. The summed E-state index contributed by atoms with van der Waals surface area (Å²) in [4.78, 5) is 12.6. The number of hydrazone groups is 1. The zero-order chi connectivity index (χ0) is 27.2. The van der Waals surface area contributed by atoms with Crippen LogP contribution >= 0.6 is 27.5 Å². The second-order valence-electron chi connectivity index (χ2n) is 8.25. The Morgan fingerprint density at radius 1 is 1.14 bits per heavy atom. The van der Waals surface area contributed by atoms with Gasteiger partial charge in [-0.2, -0.15) is 5.10 Å². The molecule has 0 atom stereocenters. The number of ether oxygens (including phenoxy) is 2. The van der Waals surface area contributed by atoms with Crippen LogP contribution in [-0.2, 0) is 21.4 Å². The number of nitrogens with one attached hydrogen (secondary N) is 1. The van der Waals surface area contributed by atoms with Crippen molar-refractivity contribution in [1.29, 1.82) is 0 Å². The Balaban J connectivity index is 1.70. The van der Waals surface area contributed by atoms with E-state index in [-0.39, 0.29) is 0 Å². The van der Waals surface area contributed by atoms with Crippen molar-refractivity contribution in [2.45, 2.75) is 20.5 Å². The van der Waals surface area contributed by atoms with E-state index in [0.717, 1.165) is 27.3 Å². The van der Waals surface area contributed by atoms with Crippen LogP contribution in [0.15, 0.2) is 64.2 Å². The normalized spacial score (nSPS) is 11.4. The second-order valence-corrected chi connectivity index (χ2v) is 11.5. The van der Waals surface area contributed by atoms with Gasteiger partial charge in [0.15, 0.2) is 11.5 Å². The molecule has 0 heterocycles. The number of methoxy groups -OCH3 is 1. The molecule has 0 aromatic heterocycles. The number of amides is 1. The summed E-state index contributed by atoms with van der Waals surface area (Å²) in [7, 11) is -2.18. The Morgan fingerprint density at radius 3 is 2.38 bits per heavy atom. The maximum absolute atomic E-state index is 12.6. The minimum Gasteiger partial charge on any atom is -0.493 e. The Hall–Kier alpha value is -3.08. The van der Waals surface area contributed by atoms with Gasteiger partial charge >= 0.3 is 0 Å². The number of aryl methyl sites for hydroxylation is 2. The molecule has 0 unspecified atom stereocenters. The van der Waals surface area contributed by atoms with Crippen LogP contribution in [0.3, 0.4) is 0 Å². The van der Waals surface area contributed by atoms with Gasteiger partial charge in [0.25, 0.3) is 5.91 Å². The van der Waals surface area contributed by atoms with E-state index < -0.39 is 22.5 Å². The molecule has 0 saturated carbocycles. The van der Waals surface area contributed by atoms with Gasteiger partial charge in [-0.1, -0.05) is 41.9 Å². The first-order chi connectivity index (χ1) is 17.5. The number of nitrogens with zero attached hydrogens (tertiary/aromatic N) is 2. The van der Waals surface area contributed by atoms with E-state index in [0.29, 0.717) is 38.9 Å². The van der Waals surface area contributed by atoms with Crippen LogP contribution in [0.25, 0.3) is 0 Å². The lowest BCUT2D eigenvalue weighted by Crippen LogP contribution is -2.39. The molecule has 1 N–H and O–H groups in total. The summed E-state index contributed by atoms with van der Waals surface area (Å²) in [5, 5.41) is 4.63. The van der Waals surface area contributed by atoms with Crippen molar-refractivity contribution in [3.8, 4) is 11.5 Å². The number of anilines is 1. The molecule has 0 spiro atoms. The van der Waals surface area contributed by atoms with Crippen molar-refractivity contribution >= 4 is 55.4 Å². The minimum atomic E-state index is -3.70. The zero-order valence-corrected chi connectivity index (χ0v) is 23.9. The molecular formula is C26H27BrClN3O5S. The number of halogens is 2. The standard InChI is InChI=1S/C26H27BrClN3O5S/c1-17-6-5-7-18(2)25(17)31(37(4,33)34)15-24(32)30-29-14-20-12-22(27)26(23(13-20)35-3)36-16-19-8-10-21(28)11-9-19/h5-14H,15-16H2,1-4H3,(H,30,32)/b29-14-. The van der Waals surface area contributed by atoms with Crippen LogP contribution in [0.2, 0.25) is 5.02 Å². The Labute approximate surface area is 230 Å². The minimum absolute atomic E-state index is 0.312. The molecule has 3 aromatic rings. The molecule has 1 amide bonds. The Kier molecular flexibility index (Phi) is 9.58. The molecule has 0 radical (unpaired) electrons. The average molecular weight is 609 g/mol. The fourth-order valence-corrected chi connectivity index (χ4v) is 5.27. The molecule has 0 aliphatic carbocycles. The van der Waals surface area contributed by atoms with E-state index in [2.05, 4.69) is 26.5 Å². The van der Waals surface area contributed by atoms with E-state index in [4.69, 9.17) is 21.1 Å². The topological polar surface area (TPSA) is 97.3 Å². The first kappa shape index (κ1) is 28.5. The van der Waals surface area contributed by atoms with Gasteiger partial charge in [-0.15, -0.1) is 0 Å². The molecule has 0 aliphatic rings. The molecular weight excluding hydrogens is 582 g/mol. The fourth-order valence-electron chi connectivity index (χ4n) is 3.60. The lowest BCUT2D eigenvalue weighted by atomic mass is 10.1. The number of rotatable bonds is 10. The van der Waals surface area contributed by atoms with E-state index >= 15 is 0 Å². The number of benzene rings is 3. The summed E-state index contributed by atoms with van der Waals surface area (Å²) in [6.07, 6.45) is 2.49. The molecule has 11 heteroatoms. The van der Waals surface area contributed by atoms with Crippen molar-refractivity contribution in [1.82, 2.24) is 5.43 Å². The Morgan fingerprint density at radius 2 is 1.78 bits per heavy atom. The molecule has 37 heavy (non-hydrogen) atoms. The maximum atomic E-state index is 12.6. The molecule has 0 saturated heterocycles. The van der Waals surface area contributed by atoms with Crippen LogP contribution in [-0.4, -0.2) is 40.4 Å². The fraction of sp³-hybridized carbons (Fsp3) is 0.231. The van der Waals surface area contributed by atoms with E-state index in [9.17, 15) is 13.2 Å². The van der Waals surface area contributed by atoms with Crippen LogP contribution < -0.4 is 19.2 Å². The van der Waals surface area contributed by atoms with Gasteiger partial charge in [-0.05, 0) is 76.3 Å². The number of hydrogen-bond acceptors (Lipinski definition) is 6. The van der Waals surface area contributed by atoms with Crippen molar-refractivity contribution in [2.75, 3.05) is 24.2 Å². The summed E-state index contributed by atoms with van der Waals surface area (Å²) < 4.78 is 38.0. The van der Waals surface area contributed by atoms with Crippen molar-refractivity contribution in [3.05, 3.63) is 86.3 Å². The van der Waals surface area contributed by atoms with Crippen molar-refractivity contribution in [2.24, 2.45) is 5.10 Å². The average Bonchev–Trinajstić information content (AvgIpc) is 2.82. The van der Waals surface area contributed by atoms with Gasteiger partial charge < -0.3 is 9.47 Å². The lowest BCUT2D eigenvalue weighted by Gasteiger charge is -2.25. The first-order valence-corrected chi connectivity index (χ1v) is 14.1. The molecule has 0 aliphatic heterocycles. The highest BCUT2D eigenvalue weighted by molar-refractivity contribution is 9.10. The van der Waals surface area contributed by atoms with E-state index in [1.54, 1.807) is 50.2 Å². The summed E-state index contributed by atoms with van der Waals surface area (Å²) in [5.74, 6) is 0.392. The molecule has 3 rings (SSSR count). The number of hydrogen-bond donors (Lipinski definition) is 1. The number of carbonyl (C=O) groups is 1. The van der Waals surface area contributed by atoms with Crippen molar-refractivity contribution < 1.29 is 22.7 Å². The third kappa shape index (κ3) is 7.70. The largest absolute Gasteiger partial charge is 0.493 e. The molecule has 0 bridgehead atoms. The SMILES string of the molecule is COc1cc(/C=N\NC(=O)CN(c2c(C)cccc2C)S(C)(=O)=O)cc(Br)c1OCc1ccc(Cl)cc1. The maximum Gasteiger partial charge on any atom is 0.260 e. The van der Waals surface area contributed by atoms with Gasteiger partial charge in [0.05, 0.1) is 29.7 Å². The monoisotopic (exact) mass is 607 g/mol. The predicted octanol–water partition coefficient (Wildman–Crippen LogP) is 5.22. The van der Waals surface area contributed by atoms with Gasteiger partial charge in [-0.25, -0.2) is 13.8 Å². The molecule has 0 fully saturated rings. The molecule has 3 aromatic carbocycles. The molecule has 8 nitrogen and oxygen atoms in total. The Bertz CT molecular complexity index is 1390. The first-order valence-electron chi connectivity index (χ1n) is 11.1. The summed E-state index contributed by atoms with van der Waals surface area (Å²) >= 11 is 9.42. The third-order valence-electron chi connectivity index (χ3n) is 5.33. The van der Waals surface area contributed by atoms with E-state index in [1.807, 2.05) is 18.2 Å². The zero-order valence-electron chi connectivity index (χ0n) is 20.8. The van der Waals surface area contributed by atoms with Gasteiger partial charge in [-0.3, -0.25) is 9.10 Å². The molecule has 196 valence electrons. The second kappa shape index (κ2) is 12.4. The van der Waals surface area contributed by atoms with Crippen LogP contribution in [0.5, 0.6) is 11.5 Å². The van der Waals surface area contributed by atoms with Gasteiger partial charge in [0, 0.05) is 5.02 Å².